The Morgan fingerprint density at radius 2 is 1.73 bits per heavy atom. The molecule has 0 aliphatic rings. The third-order valence-corrected chi connectivity index (χ3v) is 1.97. The van der Waals surface area contributed by atoms with Crippen molar-refractivity contribution in [2.24, 2.45) is 0 Å². The summed E-state index contributed by atoms with van der Waals surface area (Å²) in [6.07, 6.45) is 6.84. The van der Waals surface area contributed by atoms with Crippen molar-refractivity contribution in [1.29, 1.82) is 0 Å². The molecule has 0 aromatic carbocycles. The van der Waals surface area contributed by atoms with Gasteiger partial charge in [0, 0.05) is 12.3 Å². The molecule has 0 spiro atoms. The Morgan fingerprint density at radius 3 is 2.36 bits per heavy atom. The van der Waals surface area contributed by atoms with Gasteiger partial charge in [0.05, 0.1) is 0 Å². The van der Waals surface area contributed by atoms with Crippen LogP contribution >= 0.6 is 12.6 Å². The van der Waals surface area contributed by atoms with Crippen LogP contribution in [-0.4, -0.2) is 18.8 Å². The zero-order valence-electron chi connectivity index (χ0n) is 7.60. The van der Waals surface area contributed by atoms with Crippen molar-refractivity contribution >= 4 is 12.6 Å². The van der Waals surface area contributed by atoms with Crippen LogP contribution in [0.1, 0.15) is 39.0 Å². The summed E-state index contributed by atoms with van der Waals surface area (Å²) in [5, 5.41) is 3.34. The lowest BCUT2D eigenvalue weighted by atomic mass is 10.1. The van der Waals surface area contributed by atoms with Gasteiger partial charge in [0.1, 0.15) is 0 Å². The van der Waals surface area contributed by atoms with Gasteiger partial charge < -0.3 is 5.32 Å². The van der Waals surface area contributed by atoms with E-state index in [1.54, 1.807) is 0 Å². The summed E-state index contributed by atoms with van der Waals surface area (Å²) in [4.78, 5) is 0. The molecule has 68 valence electrons. The Bertz CT molecular complexity index is 58.6. The first kappa shape index (κ1) is 11.3. The van der Waals surface area contributed by atoms with Crippen molar-refractivity contribution in [3.63, 3.8) is 0 Å². The SMILES string of the molecule is CCCCCCCNCCS. The number of unbranched alkanes of at least 4 members (excludes halogenated alkanes) is 4. The maximum Gasteiger partial charge on any atom is 0.00397 e. The van der Waals surface area contributed by atoms with E-state index < -0.39 is 0 Å². The van der Waals surface area contributed by atoms with Crippen LogP contribution in [0, 0.1) is 0 Å². The van der Waals surface area contributed by atoms with Crippen LogP contribution < -0.4 is 5.32 Å². The third-order valence-electron chi connectivity index (χ3n) is 1.75. The molecule has 1 nitrogen and oxygen atoms in total. The first-order chi connectivity index (χ1) is 5.41. The Balaban J connectivity index is 2.69. The van der Waals surface area contributed by atoms with Gasteiger partial charge in [-0.25, -0.2) is 0 Å². The second kappa shape index (κ2) is 10.3. The normalized spacial score (nSPS) is 10.4. The van der Waals surface area contributed by atoms with Gasteiger partial charge in [-0.2, -0.15) is 12.6 Å². The molecule has 0 aliphatic heterocycles. The van der Waals surface area contributed by atoms with Crippen molar-refractivity contribution in [2.75, 3.05) is 18.8 Å². The molecule has 0 rings (SSSR count). The van der Waals surface area contributed by atoms with E-state index in [1.165, 1.54) is 38.6 Å². The molecule has 0 saturated heterocycles. The molecule has 2 heteroatoms. The fraction of sp³-hybridized carbons (Fsp3) is 1.00. The van der Waals surface area contributed by atoms with E-state index in [9.17, 15) is 0 Å². The average molecular weight is 175 g/mol. The summed E-state index contributed by atoms with van der Waals surface area (Å²) in [5.41, 5.74) is 0. The Labute approximate surface area is 76.4 Å². The molecule has 0 aromatic heterocycles. The summed E-state index contributed by atoms with van der Waals surface area (Å²) in [7, 11) is 0. The van der Waals surface area contributed by atoms with Crippen LogP contribution in [0.25, 0.3) is 0 Å². The van der Waals surface area contributed by atoms with Gasteiger partial charge in [-0.15, -0.1) is 0 Å². The monoisotopic (exact) mass is 175 g/mol. The minimum Gasteiger partial charge on any atom is -0.316 e. The molecule has 11 heavy (non-hydrogen) atoms. The zero-order chi connectivity index (χ0) is 8.36. The van der Waals surface area contributed by atoms with Gasteiger partial charge in [-0.1, -0.05) is 32.6 Å². The molecule has 0 saturated carbocycles. The Morgan fingerprint density at radius 1 is 1.00 bits per heavy atom. The molecule has 0 aromatic rings. The summed E-state index contributed by atoms with van der Waals surface area (Å²) in [6, 6.07) is 0. The molecular formula is C9H21NS. The van der Waals surface area contributed by atoms with Crippen molar-refractivity contribution in [1.82, 2.24) is 5.32 Å². The average Bonchev–Trinajstić information content (AvgIpc) is 2.03. The zero-order valence-corrected chi connectivity index (χ0v) is 8.50. The number of rotatable bonds is 8. The van der Waals surface area contributed by atoms with Crippen molar-refractivity contribution in [3.8, 4) is 0 Å². The predicted molar refractivity (Wildman–Crippen MR) is 55.5 cm³/mol. The maximum absolute atomic E-state index is 4.12. The van der Waals surface area contributed by atoms with E-state index in [0.29, 0.717) is 0 Å². The predicted octanol–water partition coefficient (Wildman–Crippen LogP) is 2.48. The van der Waals surface area contributed by atoms with Crippen LogP contribution in [0.2, 0.25) is 0 Å². The van der Waals surface area contributed by atoms with E-state index >= 15 is 0 Å². The van der Waals surface area contributed by atoms with Crippen molar-refractivity contribution < 1.29 is 0 Å². The molecule has 0 unspecified atom stereocenters. The third kappa shape index (κ3) is 10.3. The lowest BCUT2D eigenvalue weighted by Gasteiger charge is -2.01. The lowest BCUT2D eigenvalue weighted by Crippen LogP contribution is -2.17. The van der Waals surface area contributed by atoms with Gasteiger partial charge >= 0.3 is 0 Å². The topological polar surface area (TPSA) is 12.0 Å². The lowest BCUT2D eigenvalue weighted by molar-refractivity contribution is 0.595. The van der Waals surface area contributed by atoms with Gasteiger partial charge in [-0.3, -0.25) is 0 Å². The Hall–Kier alpha value is 0.310. The summed E-state index contributed by atoms with van der Waals surface area (Å²) in [6.45, 7) is 4.47. The molecular weight excluding hydrogens is 154 g/mol. The second-order valence-electron chi connectivity index (χ2n) is 2.89. The molecule has 0 radical (unpaired) electrons. The van der Waals surface area contributed by atoms with Crippen LogP contribution in [0.5, 0.6) is 0 Å². The highest BCUT2D eigenvalue weighted by Crippen LogP contribution is 2.00. The van der Waals surface area contributed by atoms with E-state index in [4.69, 9.17) is 0 Å². The van der Waals surface area contributed by atoms with E-state index in [2.05, 4.69) is 24.9 Å². The first-order valence-corrected chi connectivity index (χ1v) is 5.36. The highest BCUT2D eigenvalue weighted by molar-refractivity contribution is 7.80. The van der Waals surface area contributed by atoms with Crippen molar-refractivity contribution in [3.05, 3.63) is 0 Å². The highest BCUT2D eigenvalue weighted by atomic mass is 32.1. The van der Waals surface area contributed by atoms with Crippen molar-refractivity contribution in [2.45, 2.75) is 39.0 Å². The molecule has 0 amide bonds. The van der Waals surface area contributed by atoms with E-state index in [0.717, 1.165) is 12.3 Å². The number of hydrogen-bond donors (Lipinski definition) is 2. The highest BCUT2D eigenvalue weighted by Gasteiger charge is 1.87. The van der Waals surface area contributed by atoms with Gasteiger partial charge in [0.25, 0.3) is 0 Å². The smallest absolute Gasteiger partial charge is 0.00397 e. The number of nitrogens with one attached hydrogen (secondary N) is 1. The van der Waals surface area contributed by atoms with E-state index in [-0.39, 0.29) is 0 Å². The molecule has 0 aliphatic carbocycles. The van der Waals surface area contributed by atoms with Crippen LogP contribution in [-0.2, 0) is 0 Å². The summed E-state index contributed by atoms with van der Waals surface area (Å²) >= 11 is 4.12. The molecule has 0 bridgehead atoms. The fourth-order valence-corrected chi connectivity index (χ4v) is 1.22. The first-order valence-electron chi connectivity index (χ1n) is 4.73. The summed E-state index contributed by atoms with van der Waals surface area (Å²) in [5.74, 6) is 0.953. The summed E-state index contributed by atoms with van der Waals surface area (Å²) < 4.78 is 0. The standard InChI is InChI=1S/C9H21NS/c1-2-3-4-5-6-7-10-8-9-11/h10-11H,2-9H2,1H3. The van der Waals surface area contributed by atoms with E-state index in [1.807, 2.05) is 0 Å². The number of thiol groups is 1. The van der Waals surface area contributed by atoms with Gasteiger partial charge in [0.15, 0.2) is 0 Å². The fourth-order valence-electron chi connectivity index (χ4n) is 1.06. The van der Waals surface area contributed by atoms with Crippen LogP contribution in [0.3, 0.4) is 0 Å². The second-order valence-corrected chi connectivity index (χ2v) is 3.34. The molecule has 1 N–H and O–H groups in total. The molecule has 0 heterocycles. The quantitative estimate of drug-likeness (QED) is 0.426. The van der Waals surface area contributed by atoms with Crippen LogP contribution in [0.15, 0.2) is 0 Å². The largest absolute Gasteiger partial charge is 0.316 e. The van der Waals surface area contributed by atoms with Gasteiger partial charge in [0.2, 0.25) is 0 Å². The molecule has 0 atom stereocenters. The number of hydrogen-bond acceptors (Lipinski definition) is 2. The maximum atomic E-state index is 4.12. The van der Waals surface area contributed by atoms with Crippen LogP contribution in [0.4, 0.5) is 0 Å². The Kier molecular flexibility index (Phi) is 10.6. The minimum absolute atomic E-state index is 0.953. The molecule has 0 fully saturated rings. The van der Waals surface area contributed by atoms with Gasteiger partial charge in [-0.05, 0) is 13.0 Å². The minimum atomic E-state index is 0.953.